The highest BCUT2D eigenvalue weighted by Crippen LogP contribution is 2.20. The highest BCUT2D eigenvalue weighted by molar-refractivity contribution is 5.89. The maximum Gasteiger partial charge on any atom is 0.326 e. The summed E-state index contributed by atoms with van der Waals surface area (Å²) in [5.41, 5.74) is 0. The molecule has 0 saturated carbocycles. The molecule has 2 fully saturated rings. The Bertz CT molecular complexity index is 250. The van der Waals surface area contributed by atoms with Crippen LogP contribution >= 0.6 is 0 Å². The molecule has 2 saturated heterocycles. The van der Waals surface area contributed by atoms with Gasteiger partial charge in [-0.05, 0) is 19.4 Å². The van der Waals surface area contributed by atoms with Gasteiger partial charge in [-0.3, -0.25) is 4.79 Å². The topological polar surface area (TPSA) is 69.6 Å². The number of amides is 1. The van der Waals surface area contributed by atoms with Crippen LogP contribution in [0.2, 0.25) is 0 Å². The summed E-state index contributed by atoms with van der Waals surface area (Å²) in [5.74, 6) is -0.941. The minimum Gasteiger partial charge on any atom is -0.480 e. The minimum absolute atomic E-state index is 0.0510. The Hall–Kier alpha value is -1.10. The van der Waals surface area contributed by atoms with E-state index >= 15 is 0 Å². The van der Waals surface area contributed by atoms with E-state index in [9.17, 15) is 9.59 Å². The normalized spacial score (nSPS) is 31.8. The zero-order chi connectivity index (χ0) is 9.42. The van der Waals surface area contributed by atoms with E-state index in [1.54, 1.807) is 0 Å². The molecule has 2 unspecified atom stereocenters. The summed E-state index contributed by atoms with van der Waals surface area (Å²) < 4.78 is 0. The Morgan fingerprint density at radius 2 is 2.08 bits per heavy atom. The molecule has 2 rings (SSSR count). The van der Waals surface area contributed by atoms with Crippen LogP contribution in [0.25, 0.3) is 0 Å². The van der Waals surface area contributed by atoms with Crippen LogP contribution in [-0.2, 0) is 9.59 Å². The van der Waals surface area contributed by atoms with Crippen LogP contribution in [0.3, 0.4) is 0 Å². The average Bonchev–Trinajstić information content (AvgIpc) is 1.76. The first-order chi connectivity index (χ1) is 6.20. The van der Waals surface area contributed by atoms with Crippen molar-refractivity contribution in [3.8, 4) is 0 Å². The van der Waals surface area contributed by atoms with Gasteiger partial charge in [0.05, 0.1) is 6.04 Å². The quantitative estimate of drug-likeness (QED) is 0.579. The smallest absolute Gasteiger partial charge is 0.326 e. The van der Waals surface area contributed by atoms with Crippen LogP contribution in [0.1, 0.15) is 12.8 Å². The zero-order valence-corrected chi connectivity index (χ0v) is 7.19. The summed E-state index contributed by atoms with van der Waals surface area (Å²) >= 11 is 0. The zero-order valence-electron chi connectivity index (χ0n) is 7.19. The average molecular weight is 184 g/mol. The van der Waals surface area contributed by atoms with Crippen molar-refractivity contribution in [2.45, 2.75) is 24.9 Å². The van der Waals surface area contributed by atoms with Crippen molar-refractivity contribution in [1.82, 2.24) is 10.2 Å². The number of nitrogens with one attached hydrogen (secondary N) is 1. The van der Waals surface area contributed by atoms with Gasteiger partial charge < -0.3 is 15.3 Å². The Kier molecular flexibility index (Phi) is 1.95. The summed E-state index contributed by atoms with van der Waals surface area (Å²) in [4.78, 5) is 23.6. The van der Waals surface area contributed by atoms with Crippen molar-refractivity contribution in [3.05, 3.63) is 0 Å². The first kappa shape index (κ1) is 8.50. The van der Waals surface area contributed by atoms with Gasteiger partial charge in [-0.2, -0.15) is 0 Å². The largest absolute Gasteiger partial charge is 0.480 e. The Balaban J connectivity index is 1.93. The third-order valence-corrected chi connectivity index (χ3v) is 2.71. The second kappa shape index (κ2) is 2.99. The number of aliphatic carboxylic acids is 1. The fourth-order valence-corrected chi connectivity index (χ4v) is 1.61. The number of carbonyl (C=O) groups excluding carboxylic acids is 1. The fourth-order valence-electron chi connectivity index (χ4n) is 1.61. The van der Waals surface area contributed by atoms with Gasteiger partial charge in [0.2, 0.25) is 5.91 Å². The van der Waals surface area contributed by atoms with Crippen LogP contribution in [0.15, 0.2) is 0 Å². The van der Waals surface area contributed by atoms with Gasteiger partial charge in [-0.1, -0.05) is 0 Å². The molecule has 2 heterocycles. The summed E-state index contributed by atoms with van der Waals surface area (Å²) in [6.45, 7) is 1.45. The van der Waals surface area contributed by atoms with Crippen LogP contribution < -0.4 is 5.32 Å². The number of carbonyl (C=O) groups is 2. The molecule has 0 aromatic heterocycles. The Morgan fingerprint density at radius 1 is 1.38 bits per heavy atom. The molecule has 2 aliphatic rings. The Labute approximate surface area is 75.7 Å². The first-order valence-corrected chi connectivity index (χ1v) is 4.47. The molecule has 13 heavy (non-hydrogen) atoms. The number of rotatable bonds is 2. The number of likely N-dealkylation sites (tertiary alicyclic amines) is 1. The third kappa shape index (κ3) is 1.29. The molecule has 0 bridgehead atoms. The molecule has 0 radical (unpaired) electrons. The molecule has 2 N–H and O–H groups in total. The maximum atomic E-state index is 11.5. The highest BCUT2D eigenvalue weighted by Gasteiger charge is 2.41. The standard InChI is InChI=1S/C8H12N2O3/c11-7(5-1-3-9-5)10-4-2-6(10)8(12)13/h5-6,9H,1-4H2,(H,12,13). The molecule has 0 spiro atoms. The number of carboxylic acids is 1. The fraction of sp³-hybridized carbons (Fsp3) is 0.750. The van der Waals surface area contributed by atoms with E-state index in [1.165, 1.54) is 4.90 Å². The molecule has 5 heteroatoms. The predicted octanol–water partition coefficient (Wildman–Crippen LogP) is -0.966. The van der Waals surface area contributed by atoms with Gasteiger partial charge in [0.25, 0.3) is 0 Å². The van der Waals surface area contributed by atoms with Gasteiger partial charge in [0, 0.05) is 6.54 Å². The van der Waals surface area contributed by atoms with Crippen molar-refractivity contribution in [2.24, 2.45) is 0 Å². The Morgan fingerprint density at radius 3 is 2.38 bits per heavy atom. The number of hydrogen-bond donors (Lipinski definition) is 2. The predicted molar refractivity (Wildman–Crippen MR) is 44.2 cm³/mol. The molecular weight excluding hydrogens is 172 g/mol. The van der Waals surface area contributed by atoms with E-state index in [1.807, 2.05) is 0 Å². The lowest BCUT2D eigenvalue weighted by Crippen LogP contribution is -2.63. The van der Waals surface area contributed by atoms with Crippen molar-refractivity contribution < 1.29 is 14.7 Å². The highest BCUT2D eigenvalue weighted by atomic mass is 16.4. The lowest BCUT2D eigenvalue weighted by Gasteiger charge is -2.42. The summed E-state index contributed by atoms with van der Waals surface area (Å²) in [5, 5.41) is 11.7. The number of hydrogen-bond acceptors (Lipinski definition) is 3. The molecule has 72 valence electrons. The van der Waals surface area contributed by atoms with Gasteiger partial charge in [0.15, 0.2) is 0 Å². The first-order valence-electron chi connectivity index (χ1n) is 4.47. The molecule has 0 aromatic rings. The van der Waals surface area contributed by atoms with E-state index < -0.39 is 12.0 Å². The lowest BCUT2D eigenvalue weighted by molar-refractivity contribution is -0.159. The summed E-state index contributed by atoms with van der Waals surface area (Å²) in [7, 11) is 0. The van der Waals surface area contributed by atoms with Gasteiger partial charge in [-0.15, -0.1) is 0 Å². The second-order valence-electron chi connectivity index (χ2n) is 3.47. The van der Waals surface area contributed by atoms with Crippen molar-refractivity contribution in [2.75, 3.05) is 13.1 Å². The number of nitrogens with zero attached hydrogens (tertiary/aromatic N) is 1. The van der Waals surface area contributed by atoms with Crippen LogP contribution in [0.5, 0.6) is 0 Å². The van der Waals surface area contributed by atoms with Crippen LogP contribution in [-0.4, -0.2) is 47.1 Å². The van der Waals surface area contributed by atoms with E-state index in [-0.39, 0.29) is 11.9 Å². The molecule has 0 aromatic carbocycles. The van der Waals surface area contributed by atoms with Gasteiger partial charge in [0.1, 0.15) is 6.04 Å². The van der Waals surface area contributed by atoms with E-state index in [2.05, 4.69) is 5.32 Å². The van der Waals surface area contributed by atoms with Crippen molar-refractivity contribution >= 4 is 11.9 Å². The van der Waals surface area contributed by atoms with E-state index in [0.717, 1.165) is 13.0 Å². The maximum absolute atomic E-state index is 11.5. The number of carboxylic acid groups (broad SMARTS) is 1. The molecule has 1 amide bonds. The lowest BCUT2D eigenvalue weighted by atomic mass is 9.98. The molecular formula is C8H12N2O3. The second-order valence-corrected chi connectivity index (χ2v) is 3.47. The van der Waals surface area contributed by atoms with Gasteiger partial charge in [-0.25, -0.2) is 4.79 Å². The summed E-state index contributed by atoms with van der Waals surface area (Å²) in [6.07, 6.45) is 1.43. The molecule has 5 nitrogen and oxygen atoms in total. The van der Waals surface area contributed by atoms with Crippen LogP contribution in [0.4, 0.5) is 0 Å². The van der Waals surface area contributed by atoms with Crippen LogP contribution in [0, 0.1) is 0 Å². The third-order valence-electron chi connectivity index (χ3n) is 2.71. The summed E-state index contributed by atoms with van der Waals surface area (Å²) in [6, 6.07) is -0.697. The molecule has 2 aliphatic heterocycles. The van der Waals surface area contributed by atoms with Crippen molar-refractivity contribution in [1.29, 1.82) is 0 Å². The monoisotopic (exact) mass is 184 g/mol. The van der Waals surface area contributed by atoms with E-state index in [0.29, 0.717) is 13.0 Å². The SMILES string of the molecule is O=C(O)C1CCN1C(=O)C1CCN1. The van der Waals surface area contributed by atoms with Crippen molar-refractivity contribution in [3.63, 3.8) is 0 Å². The molecule has 0 aliphatic carbocycles. The minimum atomic E-state index is -0.890. The van der Waals surface area contributed by atoms with E-state index in [4.69, 9.17) is 5.11 Å². The van der Waals surface area contributed by atoms with Gasteiger partial charge >= 0.3 is 5.97 Å². The molecule has 2 atom stereocenters.